The van der Waals surface area contributed by atoms with Gasteiger partial charge in [0, 0.05) is 13.0 Å². The van der Waals surface area contributed by atoms with Crippen LogP contribution in [0.1, 0.15) is 38.6 Å². The van der Waals surface area contributed by atoms with Crippen molar-refractivity contribution in [3.8, 4) is 0 Å². The molecule has 1 aromatic heterocycles. The minimum atomic E-state index is -0.517. The SMILES string of the molecule is Cc1nnc(NC(=O)CCCNC(=O)OC(C)(C)C)s1. The third kappa shape index (κ3) is 7.03. The van der Waals surface area contributed by atoms with Crippen LogP contribution in [0.5, 0.6) is 0 Å². The Morgan fingerprint density at radius 1 is 1.30 bits per heavy atom. The van der Waals surface area contributed by atoms with Gasteiger partial charge in [0.25, 0.3) is 0 Å². The van der Waals surface area contributed by atoms with Crippen molar-refractivity contribution in [2.45, 2.75) is 46.1 Å². The van der Waals surface area contributed by atoms with Crippen LogP contribution in [0.4, 0.5) is 9.93 Å². The Labute approximate surface area is 122 Å². The van der Waals surface area contributed by atoms with Crippen molar-refractivity contribution in [3.63, 3.8) is 0 Å². The Morgan fingerprint density at radius 2 is 2.00 bits per heavy atom. The molecule has 0 aliphatic carbocycles. The van der Waals surface area contributed by atoms with Crippen molar-refractivity contribution in [1.29, 1.82) is 0 Å². The maximum Gasteiger partial charge on any atom is 0.407 e. The number of anilines is 1. The minimum Gasteiger partial charge on any atom is -0.444 e. The predicted octanol–water partition coefficient (Wildman–Crippen LogP) is 2.09. The molecule has 0 bridgehead atoms. The molecule has 0 aromatic carbocycles. The van der Waals surface area contributed by atoms with Crippen molar-refractivity contribution < 1.29 is 14.3 Å². The van der Waals surface area contributed by atoms with Crippen LogP contribution < -0.4 is 10.6 Å². The Morgan fingerprint density at radius 3 is 2.55 bits per heavy atom. The summed E-state index contributed by atoms with van der Waals surface area (Å²) in [5.74, 6) is -0.146. The van der Waals surface area contributed by atoms with E-state index in [1.54, 1.807) is 20.8 Å². The van der Waals surface area contributed by atoms with Gasteiger partial charge < -0.3 is 15.4 Å². The molecule has 8 heteroatoms. The highest BCUT2D eigenvalue weighted by atomic mass is 32.1. The molecule has 0 radical (unpaired) electrons. The van der Waals surface area contributed by atoms with Gasteiger partial charge in [-0.1, -0.05) is 11.3 Å². The second-order valence-electron chi connectivity index (χ2n) is 5.21. The van der Waals surface area contributed by atoms with E-state index in [0.29, 0.717) is 24.5 Å². The molecule has 0 fully saturated rings. The molecule has 2 amide bonds. The highest BCUT2D eigenvalue weighted by Crippen LogP contribution is 2.13. The van der Waals surface area contributed by atoms with Crippen molar-refractivity contribution in [1.82, 2.24) is 15.5 Å². The molecule has 1 heterocycles. The van der Waals surface area contributed by atoms with Crippen LogP contribution in [0.15, 0.2) is 0 Å². The summed E-state index contributed by atoms with van der Waals surface area (Å²) in [7, 11) is 0. The molecule has 0 atom stereocenters. The molecular weight excluding hydrogens is 280 g/mol. The van der Waals surface area contributed by atoms with Crippen molar-refractivity contribution >= 4 is 28.5 Å². The molecule has 2 N–H and O–H groups in total. The summed E-state index contributed by atoms with van der Waals surface area (Å²) >= 11 is 1.32. The van der Waals surface area contributed by atoms with Gasteiger partial charge in [-0.3, -0.25) is 4.79 Å². The maximum atomic E-state index is 11.6. The number of aryl methyl sites for hydroxylation is 1. The number of hydrogen-bond donors (Lipinski definition) is 2. The number of aromatic nitrogens is 2. The first-order valence-corrected chi connectivity index (χ1v) is 7.15. The second kappa shape index (κ2) is 7.18. The van der Waals surface area contributed by atoms with Crippen LogP contribution in [-0.2, 0) is 9.53 Å². The average molecular weight is 300 g/mol. The first kappa shape index (κ1) is 16.4. The molecular formula is C12H20N4O3S. The summed E-state index contributed by atoms with van der Waals surface area (Å²) in [6.07, 6.45) is 0.356. The zero-order valence-corrected chi connectivity index (χ0v) is 13.0. The van der Waals surface area contributed by atoms with Crippen molar-refractivity contribution in [2.75, 3.05) is 11.9 Å². The lowest BCUT2D eigenvalue weighted by Crippen LogP contribution is -2.33. The molecule has 0 saturated heterocycles. The van der Waals surface area contributed by atoms with Gasteiger partial charge in [0.1, 0.15) is 10.6 Å². The van der Waals surface area contributed by atoms with E-state index < -0.39 is 11.7 Å². The molecule has 0 unspecified atom stereocenters. The average Bonchev–Trinajstić information content (AvgIpc) is 2.68. The van der Waals surface area contributed by atoms with E-state index in [0.717, 1.165) is 5.01 Å². The highest BCUT2D eigenvalue weighted by molar-refractivity contribution is 7.15. The van der Waals surface area contributed by atoms with Gasteiger partial charge in [-0.15, -0.1) is 10.2 Å². The molecule has 1 aromatic rings. The van der Waals surface area contributed by atoms with Gasteiger partial charge in [0.2, 0.25) is 11.0 Å². The second-order valence-corrected chi connectivity index (χ2v) is 6.39. The molecule has 0 aliphatic heterocycles. The van der Waals surface area contributed by atoms with Gasteiger partial charge in [0.15, 0.2) is 0 Å². The zero-order valence-electron chi connectivity index (χ0n) is 12.1. The maximum absolute atomic E-state index is 11.6. The molecule has 112 valence electrons. The van der Waals surface area contributed by atoms with Crippen LogP contribution >= 0.6 is 11.3 Å². The molecule has 7 nitrogen and oxygen atoms in total. The van der Waals surface area contributed by atoms with E-state index in [2.05, 4.69) is 20.8 Å². The number of amides is 2. The van der Waals surface area contributed by atoms with Gasteiger partial charge >= 0.3 is 6.09 Å². The van der Waals surface area contributed by atoms with E-state index in [9.17, 15) is 9.59 Å². The number of ether oxygens (including phenoxy) is 1. The number of nitrogens with zero attached hydrogens (tertiary/aromatic N) is 2. The Hall–Kier alpha value is -1.70. The molecule has 1 rings (SSSR count). The monoisotopic (exact) mass is 300 g/mol. The summed E-state index contributed by atoms with van der Waals surface area (Å²) in [5, 5.41) is 14.1. The molecule has 0 aliphatic rings. The predicted molar refractivity (Wildman–Crippen MR) is 76.7 cm³/mol. The fourth-order valence-electron chi connectivity index (χ4n) is 1.28. The summed E-state index contributed by atoms with van der Waals surface area (Å²) in [4.78, 5) is 22.9. The van der Waals surface area contributed by atoms with Gasteiger partial charge in [-0.25, -0.2) is 4.79 Å². The van der Waals surface area contributed by atoms with E-state index in [4.69, 9.17) is 4.74 Å². The number of carbonyl (C=O) groups excluding carboxylic acids is 2. The summed E-state index contributed by atoms with van der Waals surface area (Å²) < 4.78 is 5.08. The van der Waals surface area contributed by atoms with E-state index in [1.165, 1.54) is 11.3 Å². The summed E-state index contributed by atoms with van der Waals surface area (Å²) in [6, 6.07) is 0. The van der Waals surface area contributed by atoms with Crippen LogP contribution in [0.2, 0.25) is 0 Å². The lowest BCUT2D eigenvalue weighted by molar-refractivity contribution is -0.116. The molecule has 0 spiro atoms. The van der Waals surface area contributed by atoms with Crippen LogP contribution in [0.25, 0.3) is 0 Å². The Bertz CT molecular complexity index is 468. The van der Waals surface area contributed by atoms with Gasteiger partial charge in [-0.05, 0) is 34.1 Å². The number of hydrogen-bond acceptors (Lipinski definition) is 6. The van der Waals surface area contributed by atoms with Crippen molar-refractivity contribution in [2.24, 2.45) is 0 Å². The quantitative estimate of drug-likeness (QED) is 0.812. The fourth-order valence-corrected chi connectivity index (χ4v) is 1.89. The number of rotatable bonds is 5. The van der Waals surface area contributed by atoms with Crippen molar-refractivity contribution in [3.05, 3.63) is 5.01 Å². The Kier molecular flexibility index (Phi) is 5.87. The van der Waals surface area contributed by atoms with Gasteiger partial charge in [0.05, 0.1) is 0 Å². The van der Waals surface area contributed by atoms with Crippen LogP contribution in [0, 0.1) is 6.92 Å². The van der Waals surface area contributed by atoms with E-state index in [1.807, 2.05) is 6.92 Å². The van der Waals surface area contributed by atoms with E-state index >= 15 is 0 Å². The summed E-state index contributed by atoms with van der Waals surface area (Å²) in [6.45, 7) is 7.59. The van der Waals surface area contributed by atoms with E-state index in [-0.39, 0.29) is 5.91 Å². The number of alkyl carbamates (subject to hydrolysis) is 1. The minimum absolute atomic E-state index is 0.146. The van der Waals surface area contributed by atoms with Crippen LogP contribution in [0.3, 0.4) is 0 Å². The van der Waals surface area contributed by atoms with Gasteiger partial charge in [-0.2, -0.15) is 0 Å². The van der Waals surface area contributed by atoms with Crippen LogP contribution in [-0.4, -0.2) is 34.3 Å². The third-order valence-corrected chi connectivity index (χ3v) is 2.78. The molecule has 20 heavy (non-hydrogen) atoms. The smallest absolute Gasteiger partial charge is 0.407 e. The first-order valence-electron chi connectivity index (χ1n) is 6.33. The fraction of sp³-hybridized carbons (Fsp3) is 0.667. The zero-order chi connectivity index (χ0) is 15.2. The standard InChI is InChI=1S/C12H20N4O3S/c1-8-15-16-10(20-8)14-9(17)6-5-7-13-11(18)19-12(2,3)4/h5-7H2,1-4H3,(H,13,18)(H,14,16,17). The number of carbonyl (C=O) groups is 2. The topological polar surface area (TPSA) is 93.2 Å². The third-order valence-electron chi connectivity index (χ3n) is 2.02. The lowest BCUT2D eigenvalue weighted by Gasteiger charge is -2.19. The Balaban J connectivity index is 2.15. The summed E-state index contributed by atoms with van der Waals surface area (Å²) in [5.41, 5.74) is -0.517. The normalized spacial score (nSPS) is 11.0. The lowest BCUT2D eigenvalue weighted by atomic mass is 10.2. The molecule has 0 saturated carbocycles. The highest BCUT2D eigenvalue weighted by Gasteiger charge is 2.15. The first-order chi connectivity index (χ1) is 9.26. The largest absolute Gasteiger partial charge is 0.444 e. The number of nitrogens with one attached hydrogen (secondary N) is 2.